The summed E-state index contributed by atoms with van der Waals surface area (Å²) >= 11 is 0. The number of carbonyl (C=O) groups excluding carboxylic acids is 2. The number of fused-ring (bicyclic) bond motifs is 1. The lowest BCUT2D eigenvalue weighted by atomic mass is 9.76. The molecular weight excluding hydrogens is 370 g/mol. The van der Waals surface area contributed by atoms with Crippen molar-refractivity contribution in [1.29, 1.82) is 0 Å². The summed E-state index contributed by atoms with van der Waals surface area (Å²) in [6.07, 6.45) is 1.81. The van der Waals surface area contributed by atoms with Gasteiger partial charge in [-0.15, -0.1) is 0 Å². The van der Waals surface area contributed by atoms with Gasteiger partial charge in [0.05, 0.1) is 36.4 Å². The van der Waals surface area contributed by atoms with Crippen LogP contribution in [0.4, 0.5) is 5.69 Å². The van der Waals surface area contributed by atoms with E-state index in [0.717, 1.165) is 22.7 Å². The van der Waals surface area contributed by atoms with Crippen LogP contribution in [-0.2, 0) is 19.7 Å². The van der Waals surface area contributed by atoms with Crippen molar-refractivity contribution in [1.82, 2.24) is 0 Å². The minimum atomic E-state index is -0.382. The van der Waals surface area contributed by atoms with Crippen LogP contribution in [0.3, 0.4) is 0 Å². The smallest absolute Gasteiger partial charge is 0.209 e. The van der Waals surface area contributed by atoms with Gasteiger partial charge in [0.2, 0.25) is 11.5 Å². The molecule has 0 aromatic heterocycles. The molecule has 0 saturated heterocycles. The second-order valence-corrected chi connectivity index (χ2v) is 7.76. The third-order valence-corrected chi connectivity index (χ3v) is 5.63. The number of hydrogen-bond donors (Lipinski definition) is 1. The maximum atomic E-state index is 12.9. The molecule has 1 aromatic rings. The Balaban J connectivity index is 2.14. The van der Waals surface area contributed by atoms with Gasteiger partial charge in [-0.2, -0.15) is 4.58 Å². The normalized spacial score (nSPS) is 19.8. The van der Waals surface area contributed by atoms with Crippen LogP contribution in [0.2, 0.25) is 0 Å². The van der Waals surface area contributed by atoms with Gasteiger partial charge in [-0.1, -0.05) is 0 Å². The molecule has 1 N–H and O–H groups in total. The lowest BCUT2D eigenvalue weighted by molar-refractivity contribution is -0.401. The second-order valence-electron chi connectivity index (χ2n) is 7.76. The van der Waals surface area contributed by atoms with Gasteiger partial charge in [0, 0.05) is 17.7 Å². The molecule has 0 spiro atoms. The molecule has 0 unspecified atom stereocenters. The van der Waals surface area contributed by atoms with E-state index in [1.54, 1.807) is 7.11 Å². The van der Waals surface area contributed by atoms with E-state index in [1.165, 1.54) is 21.0 Å². The lowest BCUT2D eigenvalue weighted by Gasteiger charge is -2.26. The number of ketones is 2. The zero-order valence-electron chi connectivity index (χ0n) is 17.8. The SMILES string of the molecule is COC1=C(C(/C(C)=O)=C(/C)O)C(=O)/C1=C\C1=[N+](C)c2ccc(OC)cc2C1(C)C. The molecule has 2 aliphatic rings. The highest BCUT2D eigenvalue weighted by Crippen LogP contribution is 2.43. The van der Waals surface area contributed by atoms with Crippen LogP contribution < -0.4 is 4.74 Å². The van der Waals surface area contributed by atoms with E-state index < -0.39 is 0 Å². The van der Waals surface area contributed by atoms with Gasteiger partial charge in [-0.25, -0.2) is 0 Å². The van der Waals surface area contributed by atoms with E-state index in [0.29, 0.717) is 11.3 Å². The van der Waals surface area contributed by atoms with Crippen LogP contribution in [0, 0.1) is 0 Å². The molecule has 1 heterocycles. The standard InChI is InChI=1S/C23H25NO5/c1-12(25)19(13(2)26)20-21(27)15(22(20)29-7)11-18-23(3,4)16-10-14(28-6)8-9-17(16)24(18)5/h8-11H,1-7H3/p+1. The Bertz CT molecular complexity index is 1060. The third kappa shape index (κ3) is 2.99. The zero-order chi connectivity index (χ0) is 21.7. The Morgan fingerprint density at radius 3 is 2.34 bits per heavy atom. The molecule has 1 aromatic carbocycles. The average molecular weight is 396 g/mol. The largest absolute Gasteiger partial charge is 0.512 e. The van der Waals surface area contributed by atoms with Crippen molar-refractivity contribution in [2.45, 2.75) is 33.1 Å². The van der Waals surface area contributed by atoms with Gasteiger partial charge in [0.1, 0.15) is 24.3 Å². The van der Waals surface area contributed by atoms with Crippen LogP contribution in [0.5, 0.6) is 5.75 Å². The first-order valence-electron chi connectivity index (χ1n) is 9.32. The Morgan fingerprint density at radius 1 is 1.17 bits per heavy atom. The van der Waals surface area contributed by atoms with Crippen molar-refractivity contribution < 1.29 is 28.7 Å². The van der Waals surface area contributed by atoms with Crippen molar-refractivity contribution in [3.63, 3.8) is 0 Å². The van der Waals surface area contributed by atoms with Crippen LogP contribution in [0.25, 0.3) is 0 Å². The molecule has 152 valence electrons. The monoisotopic (exact) mass is 396 g/mol. The molecule has 0 fully saturated rings. The number of aliphatic hydroxyl groups is 1. The molecule has 0 radical (unpaired) electrons. The fourth-order valence-electron chi connectivity index (χ4n) is 4.13. The van der Waals surface area contributed by atoms with E-state index in [4.69, 9.17) is 9.47 Å². The fraction of sp³-hybridized carbons (Fsp3) is 0.348. The van der Waals surface area contributed by atoms with E-state index in [-0.39, 0.29) is 33.9 Å². The van der Waals surface area contributed by atoms with Crippen molar-refractivity contribution in [3.8, 4) is 5.75 Å². The molecule has 0 atom stereocenters. The van der Waals surface area contributed by atoms with Crippen LogP contribution in [0.1, 0.15) is 33.3 Å². The van der Waals surface area contributed by atoms with Gasteiger partial charge in [-0.3, -0.25) is 9.59 Å². The molecule has 1 aliphatic carbocycles. The molecule has 0 bridgehead atoms. The average Bonchev–Trinajstić information content (AvgIpc) is 2.85. The molecule has 29 heavy (non-hydrogen) atoms. The maximum absolute atomic E-state index is 12.9. The number of benzene rings is 1. The number of allylic oxidation sites excluding steroid dienone is 5. The molecule has 0 amide bonds. The van der Waals surface area contributed by atoms with Crippen LogP contribution in [0.15, 0.2) is 52.5 Å². The van der Waals surface area contributed by atoms with E-state index in [1.807, 2.05) is 35.9 Å². The molecule has 1 aliphatic heterocycles. The van der Waals surface area contributed by atoms with Crippen molar-refractivity contribution in [2.24, 2.45) is 0 Å². The Morgan fingerprint density at radius 2 is 1.83 bits per heavy atom. The number of rotatable bonds is 5. The highest BCUT2D eigenvalue weighted by atomic mass is 16.5. The van der Waals surface area contributed by atoms with Crippen molar-refractivity contribution in [2.75, 3.05) is 21.3 Å². The summed E-state index contributed by atoms with van der Waals surface area (Å²) in [6, 6.07) is 5.90. The summed E-state index contributed by atoms with van der Waals surface area (Å²) in [6.45, 7) is 6.87. The topological polar surface area (TPSA) is 75.8 Å². The first-order chi connectivity index (χ1) is 13.6. The van der Waals surface area contributed by atoms with Gasteiger partial charge in [-0.05, 0) is 39.8 Å². The third-order valence-electron chi connectivity index (χ3n) is 5.63. The van der Waals surface area contributed by atoms with Crippen LogP contribution >= 0.6 is 0 Å². The van der Waals surface area contributed by atoms with Gasteiger partial charge >= 0.3 is 0 Å². The van der Waals surface area contributed by atoms with Gasteiger partial charge in [0.15, 0.2) is 11.5 Å². The molecule has 6 nitrogen and oxygen atoms in total. The van der Waals surface area contributed by atoms with Crippen molar-refractivity contribution >= 4 is 23.0 Å². The Kier molecular flexibility index (Phi) is 4.99. The minimum absolute atomic E-state index is 0.000981. The number of carbonyl (C=O) groups is 2. The summed E-state index contributed by atoms with van der Waals surface area (Å²) in [5, 5.41) is 9.88. The van der Waals surface area contributed by atoms with Crippen LogP contribution in [-0.4, -0.2) is 48.2 Å². The Labute approximate surface area is 170 Å². The van der Waals surface area contributed by atoms with Crippen molar-refractivity contribution in [3.05, 3.63) is 58.1 Å². The predicted molar refractivity (Wildman–Crippen MR) is 110 cm³/mol. The second kappa shape index (κ2) is 7.03. The summed E-state index contributed by atoms with van der Waals surface area (Å²) in [7, 11) is 5.03. The summed E-state index contributed by atoms with van der Waals surface area (Å²) in [5.74, 6) is 0.199. The highest BCUT2D eigenvalue weighted by molar-refractivity contribution is 6.28. The van der Waals surface area contributed by atoms with E-state index in [2.05, 4.69) is 13.8 Å². The number of nitrogens with zero attached hydrogens (tertiary/aromatic N) is 1. The minimum Gasteiger partial charge on any atom is -0.512 e. The lowest BCUT2D eigenvalue weighted by Crippen LogP contribution is -2.32. The van der Waals surface area contributed by atoms with E-state index in [9.17, 15) is 14.7 Å². The van der Waals surface area contributed by atoms with Gasteiger partial charge in [0.25, 0.3) is 0 Å². The number of aliphatic hydroxyl groups excluding tert-OH is 1. The summed E-state index contributed by atoms with van der Waals surface area (Å²) < 4.78 is 12.8. The van der Waals surface area contributed by atoms with E-state index >= 15 is 0 Å². The molecule has 3 rings (SSSR count). The molecule has 0 saturated carbocycles. The number of ether oxygens (including phenoxy) is 2. The Hall–Kier alpha value is -3.15. The molecule has 6 heteroatoms. The maximum Gasteiger partial charge on any atom is 0.209 e. The number of Topliss-reactive ketones (excluding diaryl/α,β-unsaturated/α-hetero) is 2. The quantitative estimate of drug-likeness (QED) is 0.468. The summed E-state index contributed by atoms with van der Waals surface area (Å²) in [5.41, 5.74) is 3.20. The number of methoxy groups -OCH3 is 2. The molecular formula is C23H26NO5+. The predicted octanol–water partition coefficient (Wildman–Crippen LogP) is 3.53. The zero-order valence-corrected chi connectivity index (χ0v) is 17.8. The first kappa shape index (κ1) is 20.6. The summed E-state index contributed by atoms with van der Waals surface area (Å²) in [4.78, 5) is 24.8. The first-order valence-corrected chi connectivity index (χ1v) is 9.32. The van der Waals surface area contributed by atoms with Gasteiger partial charge < -0.3 is 14.6 Å². The fourth-order valence-corrected chi connectivity index (χ4v) is 4.13. The highest BCUT2D eigenvalue weighted by Gasteiger charge is 2.46. The number of hydrogen-bond acceptors (Lipinski definition) is 5.